The van der Waals surface area contributed by atoms with E-state index < -0.39 is 19.7 Å². The summed E-state index contributed by atoms with van der Waals surface area (Å²) in [6, 6.07) is 5.96. The molecule has 0 radical (unpaired) electrons. The van der Waals surface area contributed by atoms with E-state index in [1.54, 1.807) is 0 Å². The molecule has 1 saturated carbocycles. The molecule has 0 aromatic carbocycles. The van der Waals surface area contributed by atoms with Crippen LogP contribution in [0.15, 0.2) is 22.8 Å². The second-order valence-electron chi connectivity index (χ2n) is 10.5. The van der Waals surface area contributed by atoms with Crippen LogP contribution < -0.4 is 4.72 Å². The van der Waals surface area contributed by atoms with Crippen LogP contribution in [0.25, 0.3) is 0 Å². The smallest absolute Gasteiger partial charge is 0.191 e. The molecular weight excluding hydrogens is 452 g/mol. The van der Waals surface area contributed by atoms with Gasteiger partial charge in [-0.3, -0.25) is 0 Å². The van der Waals surface area contributed by atoms with E-state index in [2.05, 4.69) is 59.5 Å². The van der Waals surface area contributed by atoms with Crippen molar-refractivity contribution >= 4 is 35.6 Å². The summed E-state index contributed by atoms with van der Waals surface area (Å²) >= 11 is 2.34. The van der Waals surface area contributed by atoms with Crippen molar-refractivity contribution in [1.82, 2.24) is 9.71 Å². The topological polar surface area (TPSA) is 57.2 Å². The Morgan fingerprint density at radius 2 is 1.86 bits per heavy atom. The minimum Gasteiger partial charge on any atom is -0.598 e. The summed E-state index contributed by atoms with van der Waals surface area (Å²) in [5.41, 5.74) is 0.959. The SMILES string of the molecule is CC(C)(C)[S+]([O-])N[C@H](c1cccc(Br)n1)C1CC(CO[Si](C)(C)C(C)(C)C)C1. The third-order valence-electron chi connectivity index (χ3n) is 6.08. The van der Waals surface area contributed by atoms with Crippen LogP contribution in [0.4, 0.5) is 0 Å². The van der Waals surface area contributed by atoms with Gasteiger partial charge in [0.2, 0.25) is 0 Å². The number of rotatable bonds is 7. The Labute approximate surface area is 184 Å². The summed E-state index contributed by atoms with van der Waals surface area (Å²) in [5.74, 6) is 1.01. The van der Waals surface area contributed by atoms with Gasteiger partial charge in [0.1, 0.15) is 9.35 Å². The minimum absolute atomic E-state index is 0.00156. The Morgan fingerprint density at radius 3 is 2.36 bits per heavy atom. The van der Waals surface area contributed by atoms with Crippen molar-refractivity contribution in [2.24, 2.45) is 11.8 Å². The van der Waals surface area contributed by atoms with E-state index >= 15 is 0 Å². The van der Waals surface area contributed by atoms with Crippen molar-refractivity contribution in [2.75, 3.05) is 6.61 Å². The first kappa shape index (κ1) is 24.3. The van der Waals surface area contributed by atoms with Gasteiger partial charge in [-0.05, 0) is 91.6 Å². The average Bonchev–Trinajstić information content (AvgIpc) is 2.49. The average molecular weight is 490 g/mol. The zero-order valence-corrected chi connectivity index (χ0v) is 22.0. The van der Waals surface area contributed by atoms with Crippen molar-refractivity contribution in [3.63, 3.8) is 0 Å². The number of hydrogen-bond acceptors (Lipinski definition) is 4. The molecule has 0 aliphatic heterocycles. The summed E-state index contributed by atoms with van der Waals surface area (Å²) < 4.78 is 23.1. The number of pyridine rings is 1. The molecule has 1 aromatic rings. The molecule has 2 rings (SSSR count). The summed E-state index contributed by atoms with van der Waals surface area (Å²) in [5, 5.41) is 0.240. The summed E-state index contributed by atoms with van der Waals surface area (Å²) in [6.45, 7) is 18.3. The normalized spacial score (nSPS) is 23.2. The van der Waals surface area contributed by atoms with E-state index in [0.717, 1.165) is 29.7 Å². The van der Waals surface area contributed by atoms with Crippen LogP contribution in [0.2, 0.25) is 18.1 Å². The Kier molecular flexibility index (Phi) is 7.88. The lowest BCUT2D eigenvalue weighted by Gasteiger charge is -2.43. The van der Waals surface area contributed by atoms with Crippen molar-refractivity contribution < 1.29 is 8.98 Å². The van der Waals surface area contributed by atoms with Crippen LogP contribution in [0.1, 0.15) is 66.1 Å². The van der Waals surface area contributed by atoms with Gasteiger partial charge in [-0.25, -0.2) is 4.98 Å². The minimum atomic E-state index is -1.70. The lowest BCUT2D eigenvalue weighted by molar-refractivity contribution is 0.0907. The third-order valence-corrected chi connectivity index (χ3v) is 12.6. The van der Waals surface area contributed by atoms with E-state index in [-0.39, 0.29) is 15.8 Å². The van der Waals surface area contributed by atoms with E-state index in [1.807, 2.05) is 39.0 Å². The first-order valence-electron chi connectivity index (χ1n) is 10.1. The van der Waals surface area contributed by atoms with E-state index in [1.165, 1.54) is 0 Å². The summed E-state index contributed by atoms with van der Waals surface area (Å²) in [4.78, 5) is 4.65. The van der Waals surface area contributed by atoms with Gasteiger partial charge in [0, 0.05) is 18.0 Å². The fraction of sp³-hybridized carbons (Fsp3) is 0.762. The number of nitrogens with zero attached hydrogens (tertiary/aromatic N) is 1. The molecule has 2 atom stereocenters. The zero-order chi connectivity index (χ0) is 21.3. The monoisotopic (exact) mass is 488 g/mol. The van der Waals surface area contributed by atoms with Crippen molar-refractivity contribution in [2.45, 2.75) is 83.3 Å². The standard InChI is InChI=1S/C21H37BrN2O2SSi/c1-20(2,3)27(25)24-19(17-10-9-11-18(22)23-17)16-12-15(13-16)14-26-28(7,8)21(4,5)6/h9-11,15-16,19,24H,12-14H2,1-8H3/t15?,16?,19-,27?/m0/s1. The summed E-state index contributed by atoms with van der Waals surface area (Å²) in [7, 11) is -1.70. The lowest BCUT2D eigenvalue weighted by Crippen LogP contribution is -2.47. The maximum atomic E-state index is 12.8. The second kappa shape index (κ2) is 9.06. The van der Waals surface area contributed by atoms with Crippen LogP contribution in [0, 0.1) is 11.8 Å². The van der Waals surface area contributed by atoms with Gasteiger partial charge in [0.25, 0.3) is 0 Å². The van der Waals surface area contributed by atoms with Gasteiger partial charge in [-0.15, -0.1) is 4.72 Å². The van der Waals surface area contributed by atoms with Gasteiger partial charge >= 0.3 is 0 Å². The van der Waals surface area contributed by atoms with E-state index in [4.69, 9.17) is 4.43 Å². The highest BCUT2D eigenvalue weighted by atomic mass is 79.9. The molecular formula is C21H37BrN2O2SSi. The van der Waals surface area contributed by atoms with Crippen LogP contribution in [0.3, 0.4) is 0 Å². The molecule has 160 valence electrons. The summed E-state index contributed by atoms with van der Waals surface area (Å²) in [6.07, 6.45) is 2.17. The van der Waals surface area contributed by atoms with Crippen molar-refractivity contribution in [3.8, 4) is 0 Å². The van der Waals surface area contributed by atoms with Crippen LogP contribution in [-0.2, 0) is 15.8 Å². The Hall–Kier alpha value is 0.0769. The highest BCUT2D eigenvalue weighted by molar-refractivity contribution is 9.10. The number of aromatic nitrogens is 1. The maximum Gasteiger partial charge on any atom is 0.191 e. The van der Waals surface area contributed by atoms with Crippen LogP contribution in [-0.4, -0.2) is 29.2 Å². The van der Waals surface area contributed by atoms with Gasteiger partial charge in [-0.1, -0.05) is 26.8 Å². The van der Waals surface area contributed by atoms with Crippen LogP contribution >= 0.6 is 15.9 Å². The van der Waals surface area contributed by atoms with E-state index in [9.17, 15) is 4.55 Å². The van der Waals surface area contributed by atoms with Gasteiger partial charge < -0.3 is 8.98 Å². The molecule has 4 nitrogen and oxygen atoms in total. The van der Waals surface area contributed by atoms with Crippen LogP contribution in [0.5, 0.6) is 0 Å². The van der Waals surface area contributed by atoms with Gasteiger partial charge in [0.05, 0.1) is 11.7 Å². The maximum absolute atomic E-state index is 12.8. The number of halogens is 1. The molecule has 0 saturated heterocycles. The first-order valence-corrected chi connectivity index (χ1v) is 15.0. The Balaban J connectivity index is 2.02. The predicted octanol–water partition coefficient (Wildman–Crippen LogP) is 5.99. The molecule has 1 aliphatic carbocycles. The predicted molar refractivity (Wildman–Crippen MR) is 125 cm³/mol. The second-order valence-corrected chi connectivity index (χ2v) is 18.2. The van der Waals surface area contributed by atoms with Gasteiger partial charge in [-0.2, -0.15) is 0 Å². The third kappa shape index (κ3) is 6.29. The first-order chi connectivity index (χ1) is 12.7. The number of nitrogens with one attached hydrogen (secondary N) is 1. The Bertz CT molecular complexity index is 655. The molecule has 0 bridgehead atoms. The molecule has 1 fully saturated rings. The van der Waals surface area contributed by atoms with Crippen molar-refractivity contribution in [1.29, 1.82) is 0 Å². The molecule has 7 heteroatoms. The highest BCUT2D eigenvalue weighted by Gasteiger charge is 2.43. The molecule has 28 heavy (non-hydrogen) atoms. The quantitative estimate of drug-likeness (QED) is 0.291. The molecule has 1 N–H and O–H groups in total. The molecule has 0 spiro atoms. The molecule has 1 heterocycles. The molecule has 1 aromatic heterocycles. The molecule has 1 aliphatic rings. The molecule has 0 amide bonds. The zero-order valence-electron chi connectivity index (χ0n) is 18.6. The number of hydrogen-bond donors (Lipinski definition) is 1. The van der Waals surface area contributed by atoms with Gasteiger partial charge in [0.15, 0.2) is 8.32 Å². The molecule has 1 unspecified atom stereocenters. The van der Waals surface area contributed by atoms with E-state index in [0.29, 0.717) is 11.8 Å². The fourth-order valence-electron chi connectivity index (χ4n) is 3.03. The fourth-order valence-corrected chi connectivity index (χ4v) is 5.37. The van der Waals surface area contributed by atoms with Crippen molar-refractivity contribution in [3.05, 3.63) is 28.5 Å². The lowest BCUT2D eigenvalue weighted by atomic mass is 9.71. The Morgan fingerprint density at radius 1 is 1.25 bits per heavy atom. The highest BCUT2D eigenvalue weighted by Crippen LogP contribution is 2.44. The largest absolute Gasteiger partial charge is 0.598 e.